The van der Waals surface area contributed by atoms with E-state index in [9.17, 15) is 5.11 Å². The van der Waals surface area contributed by atoms with Crippen LogP contribution in [0.1, 0.15) is 13.8 Å². The summed E-state index contributed by atoms with van der Waals surface area (Å²) >= 11 is 0.0902. The summed E-state index contributed by atoms with van der Waals surface area (Å²) in [4.78, 5) is 0. The number of hydrogen-bond acceptors (Lipinski definition) is 4. The van der Waals surface area contributed by atoms with E-state index in [0.29, 0.717) is 0 Å². The van der Waals surface area contributed by atoms with Crippen molar-refractivity contribution in [1.29, 1.82) is 0 Å². The van der Waals surface area contributed by atoms with Crippen LogP contribution in [0, 0.1) is 0 Å². The zero-order valence-electron chi connectivity index (χ0n) is 8.69. The van der Waals surface area contributed by atoms with Gasteiger partial charge in [-0.05, 0) is 0 Å². The first-order chi connectivity index (χ1) is 6.60. The van der Waals surface area contributed by atoms with Crippen LogP contribution >= 0.6 is 0 Å². The van der Waals surface area contributed by atoms with E-state index in [1.54, 1.807) is 11.7 Å². The van der Waals surface area contributed by atoms with E-state index in [4.69, 9.17) is 5.73 Å². The van der Waals surface area contributed by atoms with Gasteiger partial charge in [-0.15, -0.1) is 0 Å². The molecule has 3 N–H and O–H groups in total. The third kappa shape index (κ3) is 2.20. The van der Waals surface area contributed by atoms with Gasteiger partial charge in [0.2, 0.25) is 0 Å². The summed E-state index contributed by atoms with van der Waals surface area (Å²) in [6, 6.07) is 0. The Kier molecular flexibility index (Phi) is 3.80. The van der Waals surface area contributed by atoms with Crippen molar-refractivity contribution in [3.63, 3.8) is 0 Å². The van der Waals surface area contributed by atoms with Crippen molar-refractivity contribution in [2.45, 2.75) is 13.8 Å². The third-order valence-corrected chi connectivity index (χ3v) is 4.87. The first kappa shape index (κ1) is 11.4. The number of aromatic hydroxyl groups is 1. The summed E-state index contributed by atoms with van der Waals surface area (Å²) in [5.41, 5.74) is 5.51. The van der Waals surface area contributed by atoms with E-state index < -0.39 is 0 Å². The van der Waals surface area contributed by atoms with Crippen LogP contribution in [0.5, 0.6) is 5.75 Å². The summed E-state index contributed by atoms with van der Waals surface area (Å²) in [5.74, 6) is 0.357. The third-order valence-electron chi connectivity index (χ3n) is 1.92. The predicted molar refractivity (Wildman–Crippen MR) is 57.6 cm³/mol. The van der Waals surface area contributed by atoms with Crippen molar-refractivity contribution >= 4 is 25.6 Å². The van der Waals surface area contributed by atoms with E-state index in [2.05, 4.69) is 22.9 Å². The summed E-state index contributed by atoms with van der Waals surface area (Å²) < 4.78 is 4.74. The first-order valence-corrected chi connectivity index (χ1v) is 6.16. The van der Waals surface area contributed by atoms with Gasteiger partial charge in [0.05, 0.1) is 0 Å². The molecule has 0 spiro atoms. The molecule has 0 fully saturated rings. The van der Waals surface area contributed by atoms with Crippen molar-refractivity contribution in [2.24, 2.45) is 7.05 Å². The Labute approximate surface area is 90.2 Å². The molecule has 1 aromatic rings. The molecule has 0 amide bonds. The van der Waals surface area contributed by atoms with Crippen molar-refractivity contribution in [3.8, 4) is 5.75 Å². The molecule has 0 atom stereocenters. The van der Waals surface area contributed by atoms with Gasteiger partial charge in [-0.2, -0.15) is 0 Å². The molecule has 1 aromatic heterocycles. The van der Waals surface area contributed by atoms with Crippen LogP contribution in [0.25, 0.3) is 0 Å². The maximum atomic E-state index is 9.64. The molecule has 14 heavy (non-hydrogen) atoms. The van der Waals surface area contributed by atoms with Gasteiger partial charge in [-0.1, -0.05) is 0 Å². The fraction of sp³-hybridized carbons (Fsp3) is 0.625. The molecule has 0 unspecified atom stereocenters. The van der Waals surface area contributed by atoms with Crippen LogP contribution in [0.15, 0.2) is 0 Å². The average Bonchev–Trinajstić information content (AvgIpc) is 2.40. The second-order valence-corrected chi connectivity index (χ2v) is 5.15. The second-order valence-electron chi connectivity index (χ2n) is 2.87. The molecule has 1 rings (SSSR count). The molecule has 0 bridgehead atoms. The molecule has 5 nitrogen and oxygen atoms in total. The van der Waals surface area contributed by atoms with Crippen LogP contribution in [0.4, 0.5) is 5.82 Å². The Morgan fingerprint density at radius 1 is 1.50 bits per heavy atom. The first-order valence-electron chi connectivity index (χ1n) is 4.54. The van der Waals surface area contributed by atoms with Crippen molar-refractivity contribution in [3.05, 3.63) is 0 Å². The Hall–Kier alpha value is -0.711. The number of aryl methyl sites for hydroxylation is 1. The fourth-order valence-corrected chi connectivity index (χ4v) is 2.88. The van der Waals surface area contributed by atoms with Gasteiger partial charge in [0, 0.05) is 0 Å². The topological polar surface area (TPSA) is 67.3 Å². The normalized spacial score (nSPS) is 11.1. The van der Waals surface area contributed by atoms with Crippen LogP contribution in [0.3, 0.4) is 0 Å². The molecule has 0 radical (unpaired) electrons. The number of nitrogens with two attached hydrogens (primary N) is 1. The Morgan fingerprint density at radius 3 is 2.43 bits per heavy atom. The quantitative estimate of drug-likeness (QED) is 0.705. The zero-order valence-corrected chi connectivity index (χ0v) is 10.4. The van der Waals surface area contributed by atoms with E-state index in [-0.39, 0.29) is 26.7 Å². The molecule has 0 aliphatic rings. The van der Waals surface area contributed by atoms with Gasteiger partial charge in [0.1, 0.15) is 0 Å². The number of nitrogen functional groups attached to an aromatic ring is 1. The summed E-state index contributed by atoms with van der Waals surface area (Å²) in [5, 5.41) is 13.6. The molecule has 0 saturated heterocycles. The van der Waals surface area contributed by atoms with Crippen LogP contribution in [-0.2, 0) is 7.05 Å². The monoisotopic (exact) mass is 264 g/mol. The molecule has 80 valence electrons. The number of anilines is 1. The van der Waals surface area contributed by atoms with E-state index in [0.717, 1.165) is 17.7 Å². The summed E-state index contributed by atoms with van der Waals surface area (Å²) in [7, 11) is 1.80. The molecule has 0 aliphatic heterocycles. The molecule has 0 saturated carbocycles. The molecule has 1 heterocycles. The number of nitrogens with zero attached hydrogens (tertiary/aromatic N) is 3. The van der Waals surface area contributed by atoms with E-state index in [1.807, 2.05) is 0 Å². The number of hydrogen-bond donors (Lipinski definition) is 2. The van der Waals surface area contributed by atoms with Crippen LogP contribution < -0.4 is 10.3 Å². The SMILES string of the molecule is CCN(CC)[Se]c1c(O)c(N)nn1C. The summed E-state index contributed by atoms with van der Waals surface area (Å²) in [6.07, 6.45) is 0. The van der Waals surface area contributed by atoms with Crippen LogP contribution in [0.2, 0.25) is 0 Å². The zero-order chi connectivity index (χ0) is 10.7. The standard InChI is InChI=1S/C8H16N4OSe/c1-4-12(5-2)14-8-6(13)7(9)10-11(8)3/h13H,4-5H2,1-3H3,(H2,9,10). The Morgan fingerprint density at radius 2 is 2.07 bits per heavy atom. The molecular formula is C8H16N4OSe. The predicted octanol–water partition coefficient (Wildman–Crippen LogP) is -0.706. The van der Waals surface area contributed by atoms with Gasteiger partial charge in [-0.25, -0.2) is 0 Å². The summed E-state index contributed by atoms with van der Waals surface area (Å²) in [6.45, 7) is 6.14. The second kappa shape index (κ2) is 4.68. The number of aromatic nitrogens is 2. The Bertz CT molecular complexity index is 309. The average molecular weight is 263 g/mol. The van der Waals surface area contributed by atoms with Gasteiger partial charge in [0.15, 0.2) is 0 Å². The van der Waals surface area contributed by atoms with Gasteiger partial charge in [0.25, 0.3) is 0 Å². The molecule has 0 aliphatic carbocycles. The molecular weight excluding hydrogens is 247 g/mol. The van der Waals surface area contributed by atoms with Crippen molar-refractivity contribution in [2.75, 3.05) is 18.8 Å². The maximum absolute atomic E-state index is 9.64. The van der Waals surface area contributed by atoms with E-state index in [1.165, 1.54) is 0 Å². The minimum absolute atomic E-state index is 0.0902. The van der Waals surface area contributed by atoms with Crippen molar-refractivity contribution < 1.29 is 5.11 Å². The van der Waals surface area contributed by atoms with Crippen molar-refractivity contribution in [1.82, 2.24) is 13.7 Å². The number of rotatable bonds is 4. The molecule has 6 heteroatoms. The van der Waals surface area contributed by atoms with E-state index >= 15 is 0 Å². The van der Waals surface area contributed by atoms with Gasteiger partial charge >= 0.3 is 89.9 Å². The minimum atomic E-state index is 0.0902. The fourth-order valence-electron chi connectivity index (χ4n) is 1.09. The Balaban J connectivity index is 2.84. The van der Waals surface area contributed by atoms with Gasteiger partial charge < -0.3 is 0 Å². The van der Waals surface area contributed by atoms with Crippen LogP contribution in [-0.4, -0.2) is 47.1 Å². The molecule has 0 aromatic carbocycles. The van der Waals surface area contributed by atoms with Gasteiger partial charge in [-0.3, -0.25) is 0 Å².